The molecule has 0 radical (unpaired) electrons. The number of amides is 1. The zero-order valence-corrected chi connectivity index (χ0v) is 11.7. The molecule has 5 nitrogen and oxygen atoms in total. The Morgan fingerprint density at radius 3 is 2.86 bits per heavy atom. The molecule has 110 valence electrons. The van der Waals surface area contributed by atoms with Crippen molar-refractivity contribution in [2.45, 2.75) is 18.9 Å². The summed E-state index contributed by atoms with van der Waals surface area (Å²) in [5, 5.41) is 6.22. The largest absolute Gasteiger partial charge is 0.426 e. The van der Waals surface area contributed by atoms with E-state index in [0.717, 1.165) is 25.9 Å². The first kappa shape index (κ1) is 13.7. The number of benzene rings is 1. The molecule has 3 rings (SSSR count). The second-order valence-corrected chi connectivity index (χ2v) is 5.05. The summed E-state index contributed by atoms with van der Waals surface area (Å²) >= 11 is 0. The normalized spacial score (nSPS) is 18.2. The van der Waals surface area contributed by atoms with Gasteiger partial charge in [0.15, 0.2) is 5.76 Å². The van der Waals surface area contributed by atoms with Crippen LogP contribution in [-0.2, 0) is 0 Å². The molecule has 0 aliphatic carbocycles. The Balaban J connectivity index is 1.60. The van der Waals surface area contributed by atoms with Crippen LogP contribution in [0.3, 0.4) is 0 Å². The maximum absolute atomic E-state index is 12.1. The van der Waals surface area contributed by atoms with E-state index in [1.54, 1.807) is 12.1 Å². The lowest BCUT2D eigenvalue weighted by molar-refractivity contribution is 0.0897. The van der Waals surface area contributed by atoms with Gasteiger partial charge in [-0.3, -0.25) is 4.79 Å². The number of para-hydroxylation sites is 1. The van der Waals surface area contributed by atoms with Crippen molar-refractivity contribution in [1.82, 2.24) is 10.6 Å². The van der Waals surface area contributed by atoms with Crippen molar-refractivity contribution < 1.29 is 13.9 Å². The lowest BCUT2D eigenvalue weighted by Crippen LogP contribution is -2.45. The minimum absolute atomic E-state index is 0.162. The summed E-state index contributed by atoms with van der Waals surface area (Å²) in [6, 6.07) is 12.8. The highest BCUT2D eigenvalue weighted by molar-refractivity contribution is 5.91. The third-order valence-electron chi connectivity index (χ3n) is 3.40. The van der Waals surface area contributed by atoms with Crippen molar-refractivity contribution in [2.24, 2.45) is 0 Å². The molecule has 0 spiro atoms. The van der Waals surface area contributed by atoms with Crippen LogP contribution in [-0.4, -0.2) is 25.0 Å². The second-order valence-electron chi connectivity index (χ2n) is 5.05. The van der Waals surface area contributed by atoms with Gasteiger partial charge in [-0.2, -0.15) is 0 Å². The fourth-order valence-corrected chi connectivity index (χ4v) is 2.33. The molecule has 1 unspecified atom stereocenters. The Morgan fingerprint density at radius 1 is 1.24 bits per heavy atom. The van der Waals surface area contributed by atoms with E-state index < -0.39 is 0 Å². The van der Waals surface area contributed by atoms with Gasteiger partial charge in [-0.05, 0) is 37.6 Å². The summed E-state index contributed by atoms with van der Waals surface area (Å²) < 4.78 is 11.0. The number of piperidine rings is 1. The summed E-state index contributed by atoms with van der Waals surface area (Å²) in [6.07, 6.45) is 2.07. The molecule has 2 N–H and O–H groups in total. The molecule has 21 heavy (non-hydrogen) atoms. The predicted octanol–water partition coefficient (Wildman–Crippen LogP) is 2.55. The van der Waals surface area contributed by atoms with Crippen molar-refractivity contribution in [3.8, 4) is 11.7 Å². The third kappa shape index (κ3) is 3.64. The van der Waals surface area contributed by atoms with Crippen molar-refractivity contribution in [3.63, 3.8) is 0 Å². The maximum atomic E-state index is 12.1. The van der Waals surface area contributed by atoms with Crippen molar-refractivity contribution in [2.75, 3.05) is 13.1 Å². The van der Waals surface area contributed by atoms with E-state index in [9.17, 15) is 4.79 Å². The molecular formula is C16H18N2O3. The number of hydrogen-bond donors (Lipinski definition) is 2. The fraction of sp³-hybridized carbons (Fsp3) is 0.312. The molecule has 1 aliphatic heterocycles. The van der Waals surface area contributed by atoms with E-state index in [4.69, 9.17) is 9.15 Å². The minimum Gasteiger partial charge on any atom is -0.426 e. The second kappa shape index (κ2) is 6.45. The molecular weight excluding hydrogens is 268 g/mol. The first-order valence-corrected chi connectivity index (χ1v) is 7.15. The highest BCUT2D eigenvalue weighted by Gasteiger charge is 2.18. The number of nitrogens with one attached hydrogen (secondary N) is 2. The Labute approximate surface area is 123 Å². The van der Waals surface area contributed by atoms with Gasteiger partial charge in [-0.25, -0.2) is 0 Å². The summed E-state index contributed by atoms with van der Waals surface area (Å²) in [6.45, 7) is 1.82. The van der Waals surface area contributed by atoms with Gasteiger partial charge >= 0.3 is 0 Å². The van der Waals surface area contributed by atoms with Crippen LogP contribution in [0.25, 0.3) is 0 Å². The maximum Gasteiger partial charge on any atom is 0.290 e. The molecule has 1 aliphatic rings. The Morgan fingerprint density at radius 2 is 2.10 bits per heavy atom. The van der Waals surface area contributed by atoms with Gasteiger partial charge in [0.05, 0.1) is 0 Å². The molecule has 1 amide bonds. The summed E-state index contributed by atoms with van der Waals surface area (Å²) in [4.78, 5) is 12.1. The van der Waals surface area contributed by atoms with Crippen molar-refractivity contribution >= 4 is 5.91 Å². The van der Waals surface area contributed by atoms with E-state index in [-0.39, 0.29) is 17.7 Å². The van der Waals surface area contributed by atoms with Crippen LogP contribution in [0.5, 0.6) is 11.7 Å². The van der Waals surface area contributed by atoms with Crippen LogP contribution in [0.4, 0.5) is 0 Å². The highest BCUT2D eigenvalue weighted by Crippen LogP contribution is 2.23. The molecule has 1 saturated heterocycles. The van der Waals surface area contributed by atoms with Crippen LogP contribution < -0.4 is 15.4 Å². The average molecular weight is 286 g/mol. The van der Waals surface area contributed by atoms with Crippen molar-refractivity contribution in [3.05, 3.63) is 48.2 Å². The van der Waals surface area contributed by atoms with Gasteiger partial charge in [0.2, 0.25) is 0 Å². The van der Waals surface area contributed by atoms with Gasteiger partial charge in [0, 0.05) is 18.7 Å². The van der Waals surface area contributed by atoms with E-state index >= 15 is 0 Å². The summed E-state index contributed by atoms with van der Waals surface area (Å²) in [5.74, 6) is 1.06. The van der Waals surface area contributed by atoms with Gasteiger partial charge in [-0.1, -0.05) is 18.2 Å². The minimum atomic E-state index is -0.202. The van der Waals surface area contributed by atoms with Gasteiger partial charge in [-0.15, -0.1) is 0 Å². The number of rotatable bonds is 4. The fourth-order valence-electron chi connectivity index (χ4n) is 2.33. The van der Waals surface area contributed by atoms with Gasteiger partial charge in [0.25, 0.3) is 11.9 Å². The highest BCUT2D eigenvalue weighted by atomic mass is 16.6. The number of carbonyl (C=O) groups is 1. The molecule has 1 fully saturated rings. The van der Waals surface area contributed by atoms with Crippen LogP contribution in [0.2, 0.25) is 0 Å². The zero-order chi connectivity index (χ0) is 14.5. The number of hydrogen-bond acceptors (Lipinski definition) is 4. The Kier molecular flexibility index (Phi) is 4.21. The Bertz CT molecular complexity index is 589. The monoisotopic (exact) mass is 286 g/mol. The third-order valence-corrected chi connectivity index (χ3v) is 3.40. The quantitative estimate of drug-likeness (QED) is 0.906. The van der Waals surface area contributed by atoms with Gasteiger partial charge < -0.3 is 19.8 Å². The zero-order valence-electron chi connectivity index (χ0n) is 11.7. The van der Waals surface area contributed by atoms with Crippen LogP contribution >= 0.6 is 0 Å². The summed E-state index contributed by atoms with van der Waals surface area (Å²) in [7, 11) is 0. The standard InChI is InChI=1S/C16H18N2O3/c19-16(18-12-5-4-10-17-11-12)14-8-9-15(21-14)20-13-6-2-1-3-7-13/h1-3,6-9,12,17H,4-5,10-11H2,(H,18,19). The molecule has 0 bridgehead atoms. The number of carbonyl (C=O) groups excluding carboxylic acids is 1. The summed E-state index contributed by atoms with van der Waals surface area (Å²) in [5.41, 5.74) is 0. The molecule has 1 atom stereocenters. The van der Waals surface area contributed by atoms with Crippen LogP contribution in [0.15, 0.2) is 46.9 Å². The lowest BCUT2D eigenvalue weighted by atomic mass is 10.1. The molecule has 0 saturated carbocycles. The first-order chi connectivity index (χ1) is 10.3. The Hall–Kier alpha value is -2.27. The molecule has 2 heterocycles. The van der Waals surface area contributed by atoms with Crippen LogP contribution in [0, 0.1) is 0 Å². The van der Waals surface area contributed by atoms with Crippen molar-refractivity contribution in [1.29, 1.82) is 0 Å². The van der Waals surface area contributed by atoms with Gasteiger partial charge in [0.1, 0.15) is 5.75 Å². The van der Waals surface area contributed by atoms with E-state index in [0.29, 0.717) is 11.7 Å². The number of ether oxygens (including phenoxy) is 1. The van der Waals surface area contributed by atoms with Crippen LogP contribution in [0.1, 0.15) is 23.4 Å². The van der Waals surface area contributed by atoms with E-state index in [1.807, 2.05) is 30.3 Å². The average Bonchev–Trinajstić information content (AvgIpc) is 2.98. The predicted molar refractivity (Wildman–Crippen MR) is 78.6 cm³/mol. The van der Waals surface area contributed by atoms with E-state index in [2.05, 4.69) is 10.6 Å². The topological polar surface area (TPSA) is 63.5 Å². The molecule has 2 aromatic rings. The first-order valence-electron chi connectivity index (χ1n) is 7.15. The SMILES string of the molecule is O=C(NC1CCCNC1)c1ccc(Oc2ccccc2)o1. The smallest absolute Gasteiger partial charge is 0.290 e. The molecule has 1 aromatic heterocycles. The van der Waals surface area contributed by atoms with E-state index in [1.165, 1.54) is 0 Å². The lowest BCUT2D eigenvalue weighted by Gasteiger charge is -2.23. The molecule has 5 heteroatoms. The number of furan rings is 1. The molecule has 1 aromatic carbocycles.